The van der Waals surface area contributed by atoms with Gasteiger partial charge in [-0.1, -0.05) is 96.5 Å². The first-order chi connectivity index (χ1) is 14.5. The summed E-state index contributed by atoms with van der Waals surface area (Å²) in [4.78, 5) is 25.3. The highest BCUT2D eigenvalue weighted by atomic mass is 79.9. The highest BCUT2D eigenvalue weighted by molar-refractivity contribution is 9.10. The lowest BCUT2D eigenvalue weighted by atomic mass is 9.84. The average Bonchev–Trinajstić information content (AvgIpc) is 2.77. The predicted molar refractivity (Wildman–Crippen MR) is 122 cm³/mol. The molecule has 0 heterocycles. The van der Waals surface area contributed by atoms with Crippen molar-refractivity contribution in [1.82, 2.24) is 0 Å². The predicted octanol–water partition coefficient (Wildman–Crippen LogP) is 6.36. The van der Waals surface area contributed by atoms with Crippen LogP contribution in [-0.4, -0.2) is 11.8 Å². The Morgan fingerprint density at radius 3 is 2.13 bits per heavy atom. The van der Waals surface area contributed by atoms with Crippen LogP contribution in [0.5, 0.6) is 0 Å². The SMILES string of the molecule is CC(C)C(=O)OCc1ccc(Br)cc1CC(C(=O)c1ccccc1)c1ccccc1. The van der Waals surface area contributed by atoms with E-state index in [4.69, 9.17) is 4.74 Å². The molecule has 0 radical (unpaired) electrons. The van der Waals surface area contributed by atoms with Gasteiger partial charge in [-0.2, -0.15) is 0 Å². The van der Waals surface area contributed by atoms with Crippen LogP contribution in [0.25, 0.3) is 0 Å². The second-order valence-electron chi connectivity index (χ2n) is 7.57. The minimum absolute atomic E-state index is 0.0758. The van der Waals surface area contributed by atoms with Crippen LogP contribution in [0.2, 0.25) is 0 Å². The Balaban J connectivity index is 1.93. The van der Waals surface area contributed by atoms with Crippen LogP contribution in [0.1, 0.15) is 46.8 Å². The van der Waals surface area contributed by atoms with E-state index in [1.807, 2.05) is 92.7 Å². The number of Topliss-reactive ketones (excluding diaryl/α,β-unsaturated/α-hetero) is 1. The number of halogens is 1. The summed E-state index contributed by atoms with van der Waals surface area (Å²) in [5.74, 6) is -0.668. The fourth-order valence-corrected chi connectivity index (χ4v) is 3.72. The van der Waals surface area contributed by atoms with E-state index >= 15 is 0 Å². The zero-order valence-corrected chi connectivity index (χ0v) is 18.8. The number of ketones is 1. The number of ether oxygens (including phenoxy) is 1. The molecule has 0 fully saturated rings. The molecule has 3 aromatic carbocycles. The molecule has 0 aromatic heterocycles. The van der Waals surface area contributed by atoms with Gasteiger partial charge in [-0.3, -0.25) is 9.59 Å². The fourth-order valence-electron chi connectivity index (χ4n) is 3.31. The minimum atomic E-state index is -0.331. The van der Waals surface area contributed by atoms with Gasteiger partial charge in [0.1, 0.15) is 6.61 Å². The third-order valence-electron chi connectivity index (χ3n) is 5.01. The Morgan fingerprint density at radius 1 is 0.867 bits per heavy atom. The number of carbonyl (C=O) groups excluding carboxylic acids is 2. The first-order valence-electron chi connectivity index (χ1n) is 10.0. The van der Waals surface area contributed by atoms with Gasteiger partial charge in [0, 0.05) is 10.0 Å². The second-order valence-corrected chi connectivity index (χ2v) is 8.49. The van der Waals surface area contributed by atoms with Crippen molar-refractivity contribution in [2.45, 2.75) is 32.8 Å². The first kappa shape index (κ1) is 22.0. The topological polar surface area (TPSA) is 43.4 Å². The lowest BCUT2D eigenvalue weighted by Gasteiger charge is -2.19. The molecule has 4 heteroatoms. The van der Waals surface area contributed by atoms with E-state index in [1.54, 1.807) is 0 Å². The van der Waals surface area contributed by atoms with Crippen LogP contribution in [-0.2, 0) is 22.6 Å². The monoisotopic (exact) mass is 464 g/mol. The molecule has 0 bridgehead atoms. The summed E-state index contributed by atoms with van der Waals surface area (Å²) >= 11 is 3.54. The molecule has 0 amide bonds. The number of hydrogen-bond donors (Lipinski definition) is 0. The number of benzene rings is 3. The summed E-state index contributed by atoms with van der Waals surface area (Å²) in [7, 11) is 0. The quantitative estimate of drug-likeness (QED) is 0.287. The molecular formula is C26H25BrO3. The summed E-state index contributed by atoms with van der Waals surface area (Å²) < 4.78 is 6.39. The molecular weight excluding hydrogens is 440 g/mol. The van der Waals surface area contributed by atoms with Gasteiger partial charge in [0.05, 0.1) is 11.8 Å². The number of carbonyl (C=O) groups is 2. The van der Waals surface area contributed by atoms with Crippen molar-refractivity contribution in [2.75, 3.05) is 0 Å². The molecule has 0 aliphatic heterocycles. The number of hydrogen-bond acceptors (Lipinski definition) is 3. The van der Waals surface area contributed by atoms with Crippen molar-refractivity contribution in [3.63, 3.8) is 0 Å². The molecule has 154 valence electrons. The van der Waals surface area contributed by atoms with Crippen LogP contribution in [0.3, 0.4) is 0 Å². The molecule has 0 N–H and O–H groups in total. The molecule has 0 saturated carbocycles. The Hall–Kier alpha value is -2.72. The van der Waals surface area contributed by atoms with Crippen molar-refractivity contribution in [3.05, 3.63) is 106 Å². The van der Waals surface area contributed by atoms with E-state index in [1.165, 1.54) is 0 Å². The summed E-state index contributed by atoms with van der Waals surface area (Å²) in [5.41, 5.74) is 3.55. The molecule has 3 nitrogen and oxygen atoms in total. The maximum atomic E-state index is 13.4. The third-order valence-corrected chi connectivity index (χ3v) is 5.50. The maximum Gasteiger partial charge on any atom is 0.308 e. The van der Waals surface area contributed by atoms with E-state index in [2.05, 4.69) is 15.9 Å². The van der Waals surface area contributed by atoms with Crippen LogP contribution >= 0.6 is 15.9 Å². The van der Waals surface area contributed by atoms with Crippen LogP contribution < -0.4 is 0 Å². The van der Waals surface area contributed by atoms with Crippen molar-refractivity contribution in [3.8, 4) is 0 Å². The van der Waals surface area contributed by atoms with Crippen molar-refractivity contribution in [1.29, 1.82) is 0 Å². The highest BCUT2D eigenvalue weighted by Crippen LogP contribution is 2.29. The standard InChI is InChI=1S/C26H25BrO3/c1-18(2)26(29)30-17-21-13-14-23(27)15-22(21)16-24(19-9-5-3-6-10-19)25(28)20-11-7-4-8-12-20/h3-15,18,24H,16-17H2,1-2H3. The minimum Gasteiger partial charge on any atom is -0.461 e. The summed E-state index contributed by atoms with van der Waals surface area (Å²) in [5, 5.41) is 0. The van der Waals surface area contributed by atoms with Gasteiger partial charge in [0.15, 0.2) is 5.78 Å². The Bertz CT molecular complexity index is 997. The lowest BCUT2D eigenvalue weighted by molar-refractivity contribution is -0.148. The second kappa shape index (κ2) is 10.4. The summed E-state index contributed by atoms with van der Waals surface area (Å²) in [6, 6.07) is 25.1. The van der Waals surface area contributed by atoms with E-state index in [0.29, 0.717) is 12.0 Å². The average molecular weight is 465 g/mol. The van der Waals surface area contributed by atoms with Crippen molar-refractivity contribution in [2.24, 2.45) is 5.92 Å². The van der Waals surface area contributed by atoms with Crippen molar-refractivity contribution < 1.29 is 14.3 Å². The van der Waals surface area contributed by atoms with Gasteiger partial charge in [-0.05, 0) is 35.2 Å². The van der Waals surface area contributed by atoms with Gasteiger partial charge in [-0.25, -0.2) is 0 Å². The van der Waals surface area contributed by atoms with Gasteiger partial charge in [0.25, 0.3) is 0 Å². The maximum absolute atomic E-state index is 13.4. The lowest BCUT2D eigenvalue weighted by Crippen LogP contribution is -2.17. The Labute approximate surface area is 186 Å². The molecule has 30 heavy (non-hydrogen) atoms. The molecule has 0 spiro atoms. The fraction of sp³-hybridized carbons (Fsp3) is 0.231. The van der Waals surface area contributed by atoms with Gasteiger partial charge >= 0.3 is 5.97 Å². The molecule has 0 aliphatic rings. The zero-order chi connectivity index (χ0) is 21.5. The Kier molecular flexibility index (Phi) is 7.58. The number of rotatable bonds is 8. The zero-order valence-electron chi connectivity index (χ0n) is 17.2. The normalized spacial score (nSPS) is 11.9. The van der Waals surface area contributed by atoms with Gasteiger partial charge < -0.3 is 4.74 Å². The van der Waals surface area contributed by atoms with Gasteiger partial charge in [0.2, 0.25) is 0 Å². The highest BCUT2D eigenvalue weighted by Gasteiger charge is 2.24. The molecule has 1 atom stereocenters. The van der Waals surface area contributed by atoms with E-state index in [9.17, 15) is 9.59 Å². The molecule has 0 saturated heterocycles. The first-order valence-corrected chi connectivity index (χ1v) is 10.8. The molecule has 0 aliphatic carbocycles. The molecule has 3 aromatic rings. The van der Waals surface area contributed by atoms with E-state index in [-0.39, 0.29) is 30.2 Å². The molecule has 1 unspecified atom stereocenters. The van der Waals surface area contributed by atoms with Gasteiger partial charge in [-0.15, -0.1) is 0 Å². The van der Waals surface area contributed by atoms with Crippen molar-refractivity contribution >= 4 is 27.7 Å². The smallest absolute Gasteiger partial charge is 0.308 e. The summed E-state index contributed by atoms with van der Waals surface area (Å²) in [6.07, 6.45) is 0.520. The Morgan fingerprint density at radius 2 is 1.50 bits per heavy atom. The van der Waals surface area contributed by atoms with E-state index < -0.39 is 0 Å². The summed E-state index contributed by atoms with van der Waals surface area (Å²) in [6.45, 7) is 3.82. The largest absolute Gasteiger partial charge is 0.461 e. The van der Waals surface area contributed by atoms with Crippen LogP contribution in [0, 0.1) is 5.92 Å². The third kappa shape index (κ3) is 5.67. The van der Waals surface area contributed by atoms with Crippen LogP contribution in [0.4, 0.5) is 0 Å². The van der Waals surface area contributed by atoms with E-state index in [0.717, 1.165) is 21.2 Å². The molecule has 3 rings (SSSR count). The number of esters is 1. The van der Waals surface area contributed by atoms with Crippen LogP contribution in [0.15, 0.2) is 83.3 Å².